The molecule has 0 saturated carbocycles. The summed E-state index contributed by atoms with van der Waals surface area (Å²) in [4.78, 5) is 4.37. The van der Waals surface area contributed by atoms with Gasteiger partial charge in [0, 0.05) is 13.2 Å². The molecule has 3 nitrogen and oxygen atoms in total. The molecule has 0 fully saturated rings. The zero-order chi connectivity index (χ0) is 10.3. The molecule has 0 spiro atoms. The second kappa shape index (κ2) is 3.01. The fourth-order valence-corrected chi connectivity index (χ4v) is 1.73. The van der Waals surface area contributed by atoms with Gasteiger partial charge in [0.15, 0.2) is 0 Å². The van der Waals surface area contributed by atoms with Crippen molar-refractivity contribution in [3.05, 3.63) is 23.9 Å². The van der Waals surface area contributed by atoms with Crippen LogP contribution in [0.4, 0.5) is 5.82 Å². The van der Waals surface area contributed by atoms with Gasteiger partial charge in [0.05, 0.1) is 11.0 Å². The molecule has 14 heavy (non-hydrogen) atoms. The Hall–Kier alpha value is -1.51. The third-order valence-electron chi connectivity index (χ3n) is 2.50. The number of aryl methyl sites for hydroxylation is 1. The van der Waals surface area contributed by atoms with Crippen LogP contribution in [0.25, 0.3) is 11.0 Å². The van der Waals surface area contributed by atoms with Crippen molar-refractivity contribution in [3.63, 3.8) is 0 Å². The molecule has 2 rings (SSSR count). The lowest BCUT2D eigenvalue weighted by molar-refractivity contribution is 0.856. The van der Waals surface area contributed by atoms with Crippen LogP contribution in [0.3, 0.4) is 0 Å². The molecule has 2 heterocycles. The van der Waals surface area contributed by atoms with Gasteiger partial charge in [-0.15, -0.1) is 0 Å². The van der Waals surface area contributed by atoms with E-state index in [4.69, 9.17) is 5.73 Å². The quantitative estimate of drug-likeness (QED) is 0.748. The van der Waals surface area contributed by atoms with E-state index in [2.05, 4.69) is 29.6 Å². The highest BCUT2D eigenvalue weighted by molar-refractivity contribution is 5.81. The van der Waals surface area contributed by atoms with Gasteiger partial charge in [-0.2, -0.15) is 0 Å². The van der Waals surface area contributed by atoms with Crippen LogP contribution in [-0.2, 0) is 7.05 Å². The molecule has 2 aromatic rings. The first-order valence-electron chi connectivity index (χ1n) is 4.81. The van der Waals surface area contributed by atoms with Gasteiger partial charge in [0.1, 0.15) is 5.82 Å². The lowest BCUT2D eigenvalue weighted by Gasteiger charge is -2.01. The number of aromatic nitrogens is 2. The Morgan fingerprint density at radius 1 is 1.36 bits per heavy atom. The summed E-state index contributed by atoms with van der Waals surface area (Å²) >= 11 is 0. The molecule has 2 N–H and O–H groups in total. The zero-order valence-electron chi connectivity index (χ0n) is 8.78. The van der Waals surface area contributed by atoms with Crippen molar-refractivity contribution < 1.29 is 0 Å². The highest BCUT2D eigenvalue weighted by Crippen LogP contribution is 2.25. The zero-order valence-corrected chi connectivity index (χ0v) is 8.78. The first kappa shape index (κ1) is 9.06. The Labute approximate surface area is 83.6 Å². The van der Waals surface area contributed by atoms with Gasteiger partial charge < -0.3 is 10.3 Å². The predicted octanol–water partition coefficient (Wildman–Crippen LogP) is 2.28. The fourth-order valence-electron chi connectivity index (χ4n) is 1.73. The number of fused-ring (bicyclic) bond motifs is 1. The molecule has 0 aliphatic carbocycles. The van der Waals surface area contributed by atoms with E-state index in [0.29, 0.717) is 11.7 Å². The minimum atomic E-state index is 0.480. The van der Waals surface area contributed by atoms with Gasteiger partial charge in [-0.05, 0) is 23.6 Å². The van der Waals surface area contributed by atoms with E-state index in [9.17, 15) is 0 Å². The standard InChI is InChI=1S/C11H15N3/c1-7(2)8-6-14(3)9-4-5-10(12)13-11(8)9/h4-7H,1-3H3,(H2,12,13). The van der Waals surface area contributed by atoms with Crippen LogP contribution in [-0.4, -0.2) is 9.55 Å². The van der Waals surface area contributed by atoms with E-state index >= 15 is 0 Å². The largest absolute Gasteiger partial charge is 0.384 e. The molecule has 0 bridgehead atoms. The first-order chi connectivity index (χ1) is 6.59. The second-order valence-electron chi connectivity index (χ2n) is 3.95. The van der Waals surface area contributed by atoms with E-state index in [1.54, 1.807) is 0 Å². The molecule has 74 valence electrons. The van der Waals surface area contributed by atoms with E-state index in [0.717, 1.165) is 11.0 Å². The van der Waals surface area contributed by atoms with Crippen LogP contribution in [0, 0.1) is 0 Å². The van der Waals surface area contributed by atoms with E-state index < -0.39 is 0 Å². The van der Waals surface area contributed by atoms with Crippen LogP contribution in [0.15, 0.2) is 18.3 Å². The molecular formula is C11H15N3. The Morgan fingerprint density at radius 2 is 2.07 bits per heavy atom. The molecule has 0 aliphatic rings. The van der Waals surface area contributed by atoms with E-state index in [1.807, 2.05) is 19.2 Å². The number of hydrogen-bond acceptors (Lipinski definition) is 2. The first-order valence-corrected chi connectivity index (χ1v) is 4.81. The topological polar surface area (TPSA) is 43.8 Å². The van der Waals surface area contributed by atoms with Gasteiger partial charge >= 0.3 is 0 Å². The van der Waals surface area contributed by atoms with Gasteiger partial charge in [0.2, 0.25) is 0 Å². The van der Waals surface area contributed by atoms with Crippen molar-refractivity contribution in [2.24, 2.45) is 7.05 Å². The average Bonchev–Trinajstić information content (AvgIpc) is 2.43. The van der Waals surface area contributed by atoms with Crippen molar-refractivity contribution in [2.75, 3.05) is 5.73 Å². The Balaban J connectivity index is 2.79. The van der Waals surface area contributed by atoms with Gasteiger partial charge in [-0.25, -0.2) is 4.98 Å². The highest BCUT2D eigenvalue weighted by atomic mass is 15.0. The minimum Gasteiger partial charge on any atom is -0.384 e. The van der Waals surface area contributed by atoms with E-state index in [1.165, 1.54) is 5.56 Å². The van der Waals surface area contributed by atoms with Gasteiger partial charge in [-0.3, -0.25) is 0 Å². The molecule has 0 aromatic carbocycles. The molecule has 0 unspecified atom stereocenters. The number of rotatable bonds is 1. The van der Waals surface area contributed by atoms with Crippen LogP contribution >= 0.6 is 0 Å². The predicted molar refractivity (Wildman–Crippen MR) is 59.2 cm³/mol. The number of anilines is 1. The lowest BCUT2D eigenvalue weighted by Crippen LogP contribution is -1.91. The Bertz CT molecular complexity index is 469. The summed E-state index contributed by atoms with van der Waals surface area (Å²) in [6, 6.07) is 3.86. The second-order valence-corrected chi connectivity index (χ2v) is 3.95. The van der Waals surface area contributed by atoms with Crippen LogP contribution in [0.2, 0.25) is 0 Å². The van der Waals surface area contributed by atoms with Gasteiger partial charge in [0.25, 0.3) is 0 Å². The summed E-state index contributed by atoms with van der Waals surface area (Å²) in [5, 5.41) is 0. The van der Waals surface area contributed by atoms with E-state index in [-0.39, 0.29) is 0 Å². The minimum absolute atomic E-state index is 0.480. The summed E-state index contributed by atoms with van der Waals surface area (Å²) in [5.74, 6) is 1.07. The molecule has 0 amide bonds. The molecular weight excluding hydrogens is 174 g/mol. The molecule has 2 aromatic heterocycles. The molecule has 3 heteroatoms. The van der Waals surface area contributed by atoms with Crippen molar-refractivity contribution in [1.82, 2.24) is 9.55 Å². The van der Waals surface area contributed by atoms with Gasteiger partial charge in [-0.1, -0.05) is 13.8 Å². The Morgan fingerprint density at radius 3 is 2.71 bits per heavy atom. The summed E-state index contributed by atoms with van der Waals surface area (Å²) in [6.07, 6.45) is 2.13. The number of pyridine rings is 1. The number of nitrogens with zero attached hydrogens (tertiary/aromatic N) is 2. The summed E-state index contributed by atoms with van der Waals surface area (Å²) in [6.45, 7) is 4.33. The van der Waals surface area contributed by atoms with Crippen LogP contribution in [0.1, 0.15) is 25.3 Å². The van der Waals surface area contributed by atoms with Crippen molar-refractivity contribution >= 4 is 16.9 Å². The van der Waals surface area contributed by atoms with Crippen molar-refractivity contribution in [1.29, 1.82) is 0 Å². The maximum atomic E-state index is 5.68. The summed E-state index contributed by atoms with van der Waals surface area (Å²) in [7, 11) is 2.03. The smallest absolute Gasteiger partial charge is 0.124 e. The normalized spacial score (nSPS) is 11.4. The average molecular weight is 189 g/mol. The van der Waals surface area contributed by atoms with Crippen LogP contribution in [0.5, 0.6) is 0 Å². The highest BCUT2D eigenvalue weighted by Gasteiger charge is 2.10. The molecule has 0 aliphatic heterocycles. The molecule has 0 radical (unpaired) electrons. The maximum absolute atomic E-state index is 5.68. The van der Waals surface area contributed by atoms with Crippen LogP contribution < -0.4 is 5.73 Å². The summed E-state index contributed by atoms with van der Waals surface area (Å²) in [5.41, 5.74) is 9.11. The molecule has 0 saturated heterocycles. The monoisotopic (exact) mass is 189 g/mol. The molecule has 0 atom stereocenters. The fraction of sp³-hybridized carbons (Fsp3) is 0.364. The van der Waals surface area contributed by atoms with Crippen molar-refractivity contribution in [2.45, 2.75) is 19.8 Å². The van der Waals surface area contributed by atoms with Crippen molar-refractivity contribution in [3.8, 4) is 0 Å². The third kappa shape index (κ3) is 1.25. The third-order valence-corrected chi connectivity index (χ3v) is 2.50. The SMILES string of the molecule is CC(C)c1cn(C)c2ccc(N)nc12. The summed E-state index contributed by atoms with van der Waals surface area (Å²) < 4.78 is 2.09. The number of hydrogen-bond donors (Lipinski definition) is 1. The maximum Gasteiger partial charge on any atom is 0.124 e. The lowest BCUT2D eigenvalue weighted by atomic mass is 10.1. The number of nitrogens with two attached hydrogens (primary N) is 1. The number of nitrogen functional groups attached to an aromatic ring is 1. The Kier molecular flexibility index (Phi) is 1.95.